The molecule has 0 bridgehead atoms. The predicted octanol–water partition coefficient (Wildman–Crippen LogP) is 2.28. The maximum atomic E-state index is 13.0. The summed E-state index contributed by atoms with van der Waals surface area (Å²) < 4.78 is 0. The average Bonchev–Trinajstić information content (AvgIpc) is 2.80. The Morgan fingerprint density at radius 3 is 2.59 bits per heavy atom. The van der Waals surface area contributed by atoms with Crippen molar-refractivity contribution in [2.45, 2.75) is 19.3 Å². The molecule has 172 valence electrons. The minimum absolute atomic E-state index is 0.121. The fourth-order valence-electron chi connectivity index (χ4n) is 4.42. The molecule has 2 fully saturated rings. The second-order valence-electron chi connectivity index (χ2n) is 8.72. The molecule has 2 aliphatic heterocycles. The predicted molar refractivity (Wildman–Crippen MR) is 130 cm³/mol. The Balaban J connectivity index is 1.42. The Hall–Kier alpha value is -2.84. The Kier molecular flexibility index (Phi) is 7.44. The van der Waals surface area contributed by atoms with Crippen LogP contribution in [-0.2, 0) is 0 Å². The summed E-state index contributed by atoms with van der Waals surface area (Å²) in [5.74, 6) is -0.400. The van der Waals surface area contributed by atoms with E-state index in [-0.39, 0.29) is 11.1 Å². The summed E-state index contributed by atoms with van der Waals surface area (Å²) >= 11 is 0. The molecule has 4 rings (SSSR count). The zero-order chi connectivity index (χ0) is 22.3. The number of piperidine rings is 1. The number of amides is 1. The van der Waals surface area contributed by atoms with Gasteiger partial charge in [-0.1, -0.05) is 12.5 Å². The molecule has 0 unspecified atom stereocenters. The first kappa shape index (κ1) is 22.4. The van der Waals surface area contributed by atoms with Crippen LogP contribution in [0.15, 0.2) is 41.3 Å². The second kappa shape index (κ2) is 10.7. The summed E-state index contributed by atoms with van der Waals surface area (Å²) in [5, 5.41) is 6.22. The normalized spacial score (nSPS) is 17.8. The lowest BCUT2D eigenvalue weighted by molar-refractivity contribution is 0.102. The minimum atomic E-state index is -0.400. The van der Waals surface area contributed by atoms with Crippen molar-refractivity contribution in [1.82, 2.24) is 14.8 Å². The number of carbonyl (C=O) groups excluding carboxylic acids is 1. The van der Waals surface area contributed by atoms with E-state index < -0.39 is 5.91 Å². The standard InChI is InChI=1S/C24H34N6O2/c1-28-14-16-30(17-15-28)20-7-5-6-19(18-20)27-24(32)22-21(8-9-26-23(22)31)25-10-13-29-11-3-2-4-12-29/h5-9,18H,2-4,10-17H2,1H3,(H,27,32)(H2,25,26,31). The SMILES string of the molecule is CN1CCN(c2cccc(NC(=O)c3c(NCCN4CCCCC4)cc[nH]c3=O)c2)CC1. The fourth-order valence-corrected chi connectivity index (χ4v) is 4.42. The number of hydrogen-bond donors (Lipinski definition) is 3. The van der Waals surface area contributed by atoms with Crippen LogP contribution in [0.25, 0.3) is 0 Å². The van der Waals surface area contributed by atoms with Crippen LogP contribution in [-0.4, -0.2) is 80.1 Å². The number of aromatic amines is 1. The summed E-state index contributed by atoms with van der Waals surface area (Å²) in [6.45, 7) is 7.78. The van der Waals surface area contributed by atoms with Crippen molar-refractivity contribution in [2.24, 2.45) is 0 Å². The molecule has 8 heteroatoms. The number of likely N-dealkylation sites (N-methyl/N-ethyl adjacent to an activating group) is 1. The van der Waals surface area contributed by atoms with E-state index in [9.17, 15) is 9.59 Å². The van der Waals surface area contributed by atoms with Gasteiger partial charge in [0, 0.05) is 56.8 Å². The highest BCUT2D eigenvalue weighted by Crippen LogP contribution is 2.22. The number of nitrogens with zero attached hydrogens (tertiary/aromatic N) is 3. The zero-order valence-electron chi connectivity index (χ0n) is 18.9. The summed E-state index contributed by atoms with van der Waals surface area (Å²) in [6, 6.07) is 9.59. The van der Waals surface area contributed by atoms with Gasteiger partial charge in [-0.15, -0.1) is 0 Å². The molecule has 1 aromatic heterocycles. The van der Waals surface area contributed by atoms with E-state index in [0.29, 0.717) is 17.9 Å². The van der Waals surface area contributed by atoms with Gasteiger partial charge < -0.3 is 30.3 Å². The van der Waals surface area contributed by atoms with Crippen molar-refractivity contribution in [3.05, 3.63) is 52.4 Å². The molecule has 0 atom stereocenters. The number of pyridine rings is 1. The van der Waals surface area contributed by atoms with Crippen molar-refractivity contribution < 1.29 is 4.79 Å². The van der Waals surface area contributed by atoms with Gasteiger partial charge in [0.05, 0.1) is 5.69 Å². The average molecular weight is 439 g/mol. The number of piperazine rings is 1. The molecular weight excluding hydrogens is 404 g/mol. The van der Waals surface area contributed by atoms with Gasteiger partial charge in [0.25, 0.3) is 11.5 Å². The number of nitrogens with one attached hydrogen (secondary N) is 3. The fraction of sp³-hybridized carbons (Fsp3) is 0.500. The number of aromatic nitrogens is 1. The highest BCUT2D eigenvalue weighted by atomic mass is 16.2. The molecule has 0 spiro atoms. The zero-order valence-corrected chi connectivity index (χ0v) is 18.9. The Bertz CT molecular complexity index is 961. The maximum Gasteiger partial charge on any atom is 0.263 e. The molecule has 8 nitrogen and oxygen atoms in total. The van der Waals surface area contributed by atoms with E-state index in [2.05, 4.69) is 43.4 Å². The van der Waals surface area contributed by atoms with Gasteiger partial charge in [0.2, 0.25) is 0 Å². The number of H-pyrrole nitrogens is 1. The smallest absolute Gasteiger partial charge is 0.263 e. The highest BCUT2D eigenvalue weighted by Gasteiger charge is 2.18. The number of anilines is 3. The van der Waals surface area contributed by atoms with Crippen LogP contribution >= 0.6 is 0 Å². The molecule has 3 heterocycles. The van der Waals surface area contributed by atoms with E-state index in [1.807, 2.05) is 18.2 Å². The van der Waals surface area contributed by atoms with Gasteiger partial charge in [-0.3, -0.25) is 9.59 Å². The van der Waals surface area contributed by atoms with Gasteiger partial charge in [0.1, 0.15) is 5.56 Å². The first-order valence-electron chi connectivity index (χ1n) is 11.6. The van der Waals surface area contributed by atoms with E-state index in [1.165, 1.54) is 19.3 Å². The number of likely N-dealkylation sites (tertiary alicyclic amines) is 1. The van der Waals surface area contributed by atoms with Crippen LogP contribution in [0, 0.1) is 0 Å². The van der Waals surface area contributed by atoms with Crippen LogP contribution in [0.3, 0.4) is 0 Å². The molecule has 2 aliphatic rings. The molecule has 2 aromatic rings. The van der Waals surface area contributed by atoms with Gasteiger partial charge >= 0.3 is 0 Å². The lowest BCUT2D eigenvalue weighted by atomic mass is 10.1. The van der Waals surface area contributed by atoms with Crippen molar-refractivity contribution in [3.8, 4) is 0 Å². The Labute approximate surface area is 189 Å². The third kappa shape index (κ3) is 5.69. The maximum absolute atomic E-state index is 13.0. The number of hydrogen-bond acceptors (Lipinski definition) is 6. The first-order valence-corrected chi connectivity index (χ1v) is 11.6. The molecule has 2 saturated heterocycles. The van der Waals surface area contributed by atoms with E-state index in [1.54, 1.807) is 12.3 Å². The first-order chi connectivity index (χ1) is 15.6. The molecule has 0 saturated carbocycles. The van der Waals surface area contributed by atoms with Crippen molar-refractivity contribution >= 4 is 23.0 Å². The topological polar surface area (TPSA) is 83.7 Å². The van der Waals surface area contributed by atoms with Crippen LogP contribution in [0.4, 0.5) is 17.1 Å². The van der Waals surface area contributed by atoms with Crippen LogP contribution in [0.1, 0.15) is 29.6 Å². The lowest BCUT2D eigenvalue weighted by Crippen LogP contribution is -2.44. The third-order valence-electron chi connectivity index (χ3n) is 6.35. The number of benzene rings is 1. The highest BCUT2D eigenvalue weighted by molar-refractivity contribution is 6.07. The number of rotatable bonds is 7. The quantitative estimate of drug-likeness (QED) is 0.615. The Morgan fingerprint density at radius 1 is 1.03 bits per heavy atom. The van der Waals surface area contributed by atoms with E-state index >= 15 is 0 Å². The molecule has 32 heavy (non-hydrogen) atoms. The molecular formula is C24H34N6O2. The van der Waals surface area contributed by atoms with Crippen molar-refractivity contribution in [3.63, 3.8) is 0 Å². The summed E-state index contributed by atoms with van der Waals surface area (Å²) in [5.41, 5.74) is 2.07. The summed E-state index contributed by atoms with van der Waals surface area (Å²) in [6.07, 6.45) is 5.37. The van der Waals surface area contributed by atoms with Crippen molar-refractivity contribution in [1.29, 1.82) is 0 Å². The van der Waals surface area contributed by atoms with Gasteiger partial charge in [0.15, 0.2) is 0 Å². The molecule has 1 amide bonds. The molecule has 0 aliphatic carbocycles. The van der Waals surface area contributed by atoms with Crippen LogP contribution in [0.5, 0.6) is 0 Å². The van der Waals surface area contributed by atoms with Crippen LogP contribution in [0.2, 0.25) is 0 Å². The molecule has 1 aromatic carbocycles. The van der Waals surface area contributed by atoms with Crippen LogP contribution < -0.4 is 21.1 Å². The second-order valence-corrected chi connectivity index (χ2v) is 8.72. The van der Waals surface area contributed by atoms with E-state index in [4.69, 9.17) is 0 Å². The Morgan fingerprint density at radius 2 is 1.81 bits per heavy atom. The van der Waals surface area contributed by atoms with Gasteiger partial charge in [-0.25, -0.2) is 0 Å². The van der Waals surface area contributed by atoms with Crippen molar-refractivity contribution in [2.75, 3.05) is 74.9 Å². The summed E-state index contributed by atoms with van der Waals surface area (Å²) in [7, 11) is 2.13. The van der Waals surface area contributed by atoms with Gasteiger partial charge in [-0.05, 0) is 57.2 Å². The van der Waals surface area contributed by atoms with Gasteiger partial charge in [-0.2, -0.15) is 0 Å². The monoisotopic (exact) mass is 438 g/mol. The number of carbonyl (C=O) groups is 1. The summed E-state index contributed by atoms with van der Waals surface area (Å²) in [4.78, 5) is 35.2. The third-order valence-corrected chi connectivity index (χ3v) is 6.35. The minimum Gasteiger partial charge on any atom is -0.383 e. The largest absolute Gasteiger partial charge is 0.383 e. The lowest BCUT2D eigenvalue weighted by Gasteiger charge is -2.34. The molecule has 3 N–H and O–H groups in total. The molecule has 0 radical (unpaired) electrons. The van der Waals surface area contributed by atoms with E-state index in [0.717, 1.165) is 51.5 Å².